The SMILES string of the molecule is Cc1nc(NC(=O)N2CCN(C3CCOC3)C2=O)ccc1Oc1ccnc(-c2cnn(C)c2)c1. The minimum Gasteiger partial charge on any atom is -0.455 e. The highest BCUT2D eigenvalue weighted by Crippen LogP contribution is 2.28. The van der Waals surface area contributed by atoms with Crippen LogP contribution in [0.5, 0.6) is 11.5 Å². The molecule has 0 aromatic carbocycles. The van der Waals surface area contributed by atoms with E-state index in [0.29, 0.717) is 49.3 Å². The fourth-order valence-corrected chi connectivity index (χ4v) is 4.06. The third-order valence-corrected chi connectivity index (χ3v) is 5.86. The highest BCUT2D eigenvalue weighted by molar-refractivity contribution is 6.01. The molecule has 4 amide bonds. The fourth-order valence-electron chi connectivity index (χ4n) is 4.06. The standard InChI is InChI=1S/C23H25N7O4/c1-15-20(34-18-5-7-24-19(11-18)16-12-25-28(2)13-16)3-4-21(26-15)27-22(31)30-9-8-29(23(30)32)17-6-10-33-14-17/h3-5,7,11-13,17H,6,8-10,14H2,1-2H3,(H,26,27,31). The van der Waals surface area contributed by atoms with Crippen LogP contribution >= 0.6 is 0 Å². The number of pyridine rings is 2. The van der Waals surface area contributed by atoms with Gasteiger partial charge < -0.3 is 14.4 Å². The zero-order valence-electron chi connectivity index (χ0n) is 19.0. The maximum atomic E-state index is 12.7. The van der Waals surface area contributed by atoms with Gasteiger partial charge in [0, 0.05) is 50.8 Å². The van der Waals surface area contributed by atoms with E-state index in [9.17, 15) is 9.59 Å². The lowest BCUT2D eigenvalue weighted by Gasteiger charge is -2.22. The molecule has 1 atom stereocenters. The summed E-state index contributed by atoms with van der Waals surface area (Å²) in [6.07, 6.45) is 6.08. The monoisotopic (exact) mass is 463 g/mol. The largest absolute Gasteiger partial charge is 0.455 e. The lowest BCUT2D eigenvalue weighted by molar-refractivity contribution is 0.154. The number of aromatic nitrogens is 4. The molecule has 0 bridgehead atoms. The molecule has 2 aliphatic rings. The number of hydrogen-bond acceptors (Lipinski definition) is 7. The first-order valence-corrected chi connectivity index (χ1v) is 11.1. The number of carbonyl (C=O) groups excluding carboxylic acids is 2. The highest BCUT2D eigenvalue weighted by atomic mass is 16.5. The van der Waals surface area contributed by atoms with E-state index in [4.69, 9.17) is 9.47 Å². The fraction of sp³-hybridized carbons (Fsp3) is 0.348. The summed E-state index contributed by atoms with van der Waals surface area (Å²) in [6, 6.07) is 6.20. The molecule has 0 radical (unpaired) electrons. The molecule has 2 saturated heterocycles. The van der Waals surface area contributed by atoms with Gasteiger partial charge in [0.2, 0.25) is 0 Å². The van der Waals surface area contributed by atoms with E-state index in [1.807, 2.05) is 19.3 Å². The topological polar surface area (TPSA) is 115 Å². The lowest BCUT2D eigenvalue weighted by Crippen LogP contribution is -2.43. The number of aryl methyl sites for hydroxylation is 2. The second kappa shape index (κ2) is 9.10. The predicted molar refractivity (Wildman–Crippen MR) is 123 cm³/mol. The molecule has 1 unspecified atom stereocenters. The minimum atomic E-state index is -0.498. The Morgan fingerprint density at radius 2 is 2.15 bits per heavy atom. The molecular weight excluding hydrogens is 438 g/mol. The molecule has 3 aromatic rings. The van der Waals surface area contributed by atoms with E-state index in [1.54, 1.807) is 47.1 Å². The summed E-state index contributed by atoms with van der Waals surface area (Å²) in [5, 5.41) is 6.88. The van der Waals surface area contributed by atoms with Gasteiger partial charge in [-0.1, -0.05) is 0 Å². The first-order valence-electron chi connectivity index (χ1n) is 11.1. The predicted octanol–water partition coefficient (Wildman–Crippen LogP) is 3.04. The normalized spacial score (nSPS) is 17.9. The van der Waals surface area contributed by atoms with Crippen LogP contribution in [0.4, 0.5) is 15.4 Å². The zero-order chi connectivity index (χ0) is 23.7. The molecule has 0 aliphatic carbocycles. The van der Waals surface area contributed by atoms with Crippen LogP contribution in [0.1, 0.15) is 12.1 Å². The number of rotatable bonds is 5. The number of carbonyl (C=O) groups is 2. The Balaban J connectivity index is 1.24. The summed E-state index contributed by atoms with van der Waals surface area (Å²) in [5.41, 5.74) is 2.22. The van der Waals surface area contributed by atoms with Crippen LogP contribution in [0.3, 0.4) is 0 Å². The van der Waals surface area contributed by atoms with Gasteiger partial charge in [-0.3, -0.25) is 15.0 Å². The van der Waals surface area contributed by atoms with E-state index in [1.165, 1.54) is 4.90 Å². The van der Waals surface area contributed by atoms with Crippen molar-refractivity contribution in [3.05, 3.63) is 48.5 Å². The number of ether oxygens (including phenoxy) is 2. The van der Waals surface area contributed by atoms with Crippen molar-refractivity contribution in [3.8, 4) is 22.8 Å². The zero-order valence-corrected chi connectivity index (χ0v) is 19.0. The maximum absolute atomic E-state index is 12.7. The van der Waals surface area contributed by atoms with E-state index in [-0.39, 0.29) is 12.1 Å². The van der Waals surface area contributed by atoms with Gasteiger partial charge in [0.1, 0.15) is 17.3 Å². The van der Waals surface area contributed by atoms with Gasteiger partial charge in [0.05, 0.1) is 30.2 Å². The molecule has 5 rings (SSSR count). The Morgan fingerprint density at radius 1 is 1.26 bits per heavy atom. The Morgan fingerprint density at radius 3 is 2.88 bits per heavy atom. The summed E-state index contributed by atoms with van der Waals surface area (Å²) in [7, 11) is 1.85. The molecule has 2 fully saturated rings. The van der Waals surface area contributed by atoms with Crippen LogP contribution in [0, 0.1) is 6.92 Å². The van der Waals surface area contributed by atoms with Gasteiger partial charge in [-0.2, -0.15) is 5.10 Å². The number of hydrogen-bond donors (Lipinski definition) is 1. The average Bonchev–Trinajstić information content (AvgIpc) is 3.57. The number of anilines is 1. The van der Waals surface area contributed by atoms with Crippen molar-refractivity contribution in [1.82, 2.24) is 29.5 Å². The number of nitrogens with one attached hydrogen (secondary N) is 1. The van der Waals surface area contributed by atoms with Crippen molar-refractivity contribution in [2.45, 2.75) is 19.4 Å². The number of urea groups is 2. The van der Waals surface area contributed by atoms with Crippen molar-refractivity contribution < 1.29 is 19.1 Å². The molecule has 2 aliphatic heterocycles. The van der Waals surface area contributed by atoms with Gasteiger partial charge in [-0.15, -0.1) is 0 Å². The van der Waals surface area contributed by atoms with Crippen LogP contribution in [0.2, 0.25) is 0 Å². The summed E-state index contributed by atoms with van der Waals surface area (Å²) in [5.74, 6) is 1.50. The second-order valence-corrected chi connectivity index (χ2v) is 8.24. The van der Waals surface area contributed by atoms with Crippen LogP contribution in [0.15, 0.2) is 42.9 Å². The van der Waals surface area contributed by atoms with Crippen molar-refractivity contribution >= 4 is 17.9 Å². The average molecular weight is 463 g/mol. The first-order chi connectivity index (χ1) is 16.5. The quantitative estimate of drug-likeness (QED) is 0.618. The van der Waals surface area contributed by atoms with Crippen molar-refractivity contribution in [2.24, 2.45) is 7.05 Å². The Kier molecular flexibility index (Phi) is 5.84. The van der Waals surface area contributed by atoms with Crippen molar-refractivity contribution in [3.63, 3.8) is 0 Å². The first kappa shape index (κ1) is 21.8. The highest BCUT2D eigenvalue weighted by Gasteiger charge is 2.38. The molecule has 11 nitrogen and oxygen atoms in total. The summed E-state index contributed by atoms with van der Waals surface area (Å²) < 4.78 is 13.1. The van der Waals surface area contributed by atoms with Gasteiger partial charge >= 0.3 is 12.1 Å². The molecule has 1 N–H and O–H groups in total. The van der Waals surface area contributed by atoms with Crippen LogP contribution in [0.25, 0.3) is 11.3 Å². The van der Waals surface area contributed by atoms with Gasteiger partial charge in [0.25, 0.3) is 0 Å². The lowest BCUT2D eigenvalue weighted by atomic mass is 10.2. The number of nitrogens with zero attached hydrogens (tertiary/aromatic N) is 6. The Hall–Kier alpha value is -3.99. The van der Waals surface area contributed by atoms with Gasteiger partial charge in [-0.25, -0.2) is 19.5 Å². The minimum absolute atomic E-state index is 0.0361. The summed E-state index contributed by atoms with van der Waals surface area (Å²) in [4.78, 5) is 37.1. The summed E-state index contributed by atoms with van der Waals surface area (Å²) >= 11 is 0. The van der Waals surface area contributed by atoms with Crippen molar-refractivity contribution in [2.75, 3.05) is 31.6 Å². The van der Waals surface area contributed by atoms with Gasteiger partial charge in [-0.05, 0) is 31.5 Å². The molecule has 0 spiro atoms. The molecule has 34 heavy (non-hydrogen) atoms. The smallest absolute Gasteiger partial charge is 0.331 e. The third kappa shape index (κ3) is 4.42. The Labute approximate surface area is 196 Å². The van der Waals surface area contributed by atoms with Crippen LogP contribution in [-0.4, -0.2) is 74.0 Å². The maximum Gasteiger partial charge on any atom is 0.331 e. The number of amides is 4. The van der Waals surface area contributed by atoms with E-state index >= 15 is 0 Å². The molecule has 0 saturated carbocycles. The molecule has 11 heteroatoms. The summed E-state index contributed by atoms with van der Waals surface area (Å²) in [6.45, 7) is 3.79. The number of imide groups is 1. The van der Waals surface area contributed by atoms with E-state index < -0.39 is 6.03 Å². The van der Waals surface area contributed by atoms with Crippen LogP contribution in [-0.2, 0) is 11.8 Å². The second-order valence-electron chi connectivity index (χ2n) is 8.24. The van der Waals surface area contributed by atoms with Gasteiger partial charge in [0.15, 0.2) is 0 Å². The molecular formula is C23H25N7O4. The third-order valence-electron chi connectivity index (χ3n) is 5.86. The van der Waals surface area contributed by atoms with E-state index in [0.717, 1.165) is 17.7 Å². The van der Waals surface area contributed by atoms with Crippen molar-refractivity contribution in [1.29, 1.82) is 0 Å². The van der Waals surface area contributed by atoms with E-state index in [2.05, 4.69) is 20.4 Å². The molecule has 176 valence electrons. The Bertz CT molecular complexity index is 1220. The molecule has 5 heterocycles. The van der Waals surface area contributed by atoms with Crippen LogP contribution < -0.4 is 10.1 Å². The molecule has 3 aromatic heterocycles.